The van der Waals surface area contributed by atoms with Crippen LogP contribution in [0.15, 0.2) is 18.2 Å². The summed E-state index contributed by atoms with van der Waals surface area (Å²) in [7, 11) is -1.33. The second-order valence-electron chi connectivity index (χ2n) is 6.19. The van der Waals surface area contributed by atoms with Crippen molar-refractivity contribution >= 4 is 21.4 Å². The lowest BCUT2D eigenvalue weighted by Gasteiger charge is -2.31. The SMILES string of the molecule is COc1ccc2c(c1)CCCN2CC(=O)NC1CCS(=O)(=O)C1. The van der Waals surface area contributed by atoms with Gasteiger partial charge in [0.15, 0.2) is 9.84 Å². The predicted molar refractivity (Wildman–Crippen MR) is 88.7 cm³/mol. The Kier molecular flexibility index (Phi) is 4.48. The number of carbonyl (C=O) groups is 1. The van der Waals surface area contributed by atoms with E-state index in [0.29, 0.717) is 6.42 Å². The molecule has 0 aliphatic carbocycles. The summed E-state index contributed by atoms with van der Waals surface area (Å²) in [6.45, 7) is 1.09. The highest BCUT2D eigenvalue weighted by molar-refractivity contribution is 7.91. The average molecular weight is 338 g/mol. The van der Waals surface area contributed by atoms with Gasteiger partial charge >= 0.3 is 0 Å². The first-order valence-electron chi connectivity index (χ1n) is 7.88. The maximum Gasteiger partial charge on any atom is 0.239 e. The van der Waals surface area contributed by atoms with E-state index in [0.717, 1.165) is 30.8 Å². The number of aryl methyl sites for hydroxylation is 1. The molecule has 0 spiro atoms. The molecule has 3 rings (SSSR count). The Morgan fingerprint density at radius 1 is 1.43 bits per heavy atom. The van der Waals surface area contributed by atoms with Gasteiger partial charge in [0, 0.05) is 18.3 Å². The molecule has 0 saturated carbocycles. The number of hydrogen-bond donors (Lipinski definition) is 1. The van der Waals surface area contributed by atoms with Crippen LogP contribution < -0.4 is 15.0 Å². The molecule has 1 aromatic rings. The molecule has 23 heavy (non-hydrogen) atoms. The van der Waals surface area contributed by atoms with Crippen molar-refractivity contribution in [1.29, 1.82) is 0 Å². The quantitative estimate of drug-likeness (QED) is 0.877. The molecule has 0 bridgehead atoms. The second-order valence-corrected chi connectivity index (χ2v) is 8.42. The van der Waals surface area contributed by atoms with E-state index in [4.69, 9.17) is 4.74 Å². The van der Waals surface area contributed by atoms with Gasteiger partial charge in [0.1, 0.15) is 5.75 Å². The van der Waals surface area contributed by atoms with Gasteiger partial charge in [-0.15, -0.1) is 0 Å². The fourth-order valence-electron chi connectivity index (χ4n) is 3.30. The van der Waals surface area contributed by atoms with Crippen molar-refractivity contribution in [2.75, 3.05) is 36.6 Å². The Labute approximate surface area is 136 Å². The zero-order valence-electron chi connectivity index (χ0n) is 13.2. The highest BCUT2D eigenvalue weighted by atomic mass is 32.2. The van der Waals surface area contributed by atoms with Gasteiger partial charge in [0.2, 0.25) is 5.91 Å². The topological polar surface area (TPSA) is 75.7 Å². The molecule has 1 amide bonds. The van der Waals surface area contributed by atoms with Gasteiger partial charge in [0.25, 0.3) is 0 Å². The first-order chi connectivity index (χ1) is 11.0. The van der Waals surface area contributed by atoms with Crippen LogP contribution >= 0.6 is 0 Å². The van der Waals surface area contributed by atoms with Crippen molar-refractivity contribution in [3.8, 4) is 5.75 Å². The number of anilines is 1. The summed E-state index contributed by atoms with van der Waals surface area (Å²) in [5.74, 6) is 0.943. The van der Waals surface area contributed by atoms with Crippen LogP contribution in [-0.2, 0) is 21.1 Å². The van der Waals surface area contributed by atoms with E-state index in [9.17, 15) is 13.2 Å². The Balaban J connectivity index is 1.64. The van der Waals surface area contributed by atoms with Crippen LogP contribution in [0.25, 0.3) is 0 Å². The minimum Gasteiger partial charge on any atom is -0.497 e. The molecular weight excluding hydrogens is 316 g/mol. The number of rotatable bonds is 4. The summed E-state index contributed by atoms with van der Waals surface area (Å²) in [5, 5.41) is 2.85. The van der Waals surface area contributed by atoms with Crippen LogP contribution in [0.2, 0.25) is 0 Å². The monoisotopic (exact) mass is 338 g/mol. The lowest BCUT2D eigenvalue weighted by Crippen LogP contribution is -2.44. The van der Waals surface area contributed by atoms with Gasteiger partial charge in [-0.1, -0.05) is 0 Å². The smallest absolute Gasteiger partial charge is 0.239 e. The molecule has 1 N–H and O–H groups in total. The van der Waals surface area contributed by atoms with Crippen LogP contribution in [-0.4, -0.2) is 52.1 Å². The molecule has 126 valence electrons. The molecule has 1 atom stereocenters. The fraction of sp³-hybridized carbons (Fsp3) is 0.562. The van der Waals surface area contributed by atoms with Crippen LogP contribution in [0, 0.1) is 0 Å². The van der Waals surface area contributed by atoms with E-state index in [-0.39, 0.29) is 30.0 Å². The zero-order valence-corrected chi connectivity index (χ0v) is 14.1. The number of hydrogen-bond acceptors (Lipinski definition) is 5. The van der Waals surface area contributed by atoms with Crippen LogP contribution in [0.4, 0.5) is 5.69 Å². The summed E-state index contributed by atoms with van der Waals surface area (Å²) in [6.07, 6.45) is 2.48. The number of benzene rings is 1. The molecule has 1 unspecified atom stereocenters. The number of carbonyl (C=O) groups excluding carboxylic acids is 1. The Bertz CT molecular complexity index is 702. The summed E-state index contributed by atoms with van der Waals surface area (Å²) in [6, 6.07) is 5.66. The third-order valence-corrected chi connectivity index (χ3v) is 6.20. The third kappa shape index (κ3) is 3.77. The van der Waals surface area contributed by atoms with Gasteiger partial charge in [-0.05, 0) is 43.0 Å². The van der Waals surface area contributed by atoms with Crippen molar-refractivity contribution in [1.82, 2.24) is 5.32 Å². The molecule has 0 radical (unpaired) electrons. The predicted octanol–water partition coefficient (Wildman–Crippen LogP) is 0.751. The minimum atomic E-state index is -2.97. The number of nitrogens with one attached hydrogen (secondary N) is 1. The van der Waals surface area contributed by atoms with Crippen LogP contribution in [0.1, 0.15) is 18.4 Å². The largest absolute Gasteiger partial charge is 0.497 e. The lowest BCUT2D eigenvalue weighted by atomic mass is 10.0. The van der Waals surface area contributed by atoms with E-state index in [1.807, 2.05) is 18.2 Å². The lowest BCUT2D eigenvalue weighted by molar-refractivity contribution is -0.120. The van der Waals surface area contributed by atoms with Crippen molar-refractivity contribution in [2.24, 2.45) is 0 Å². The maximum atomic E-state index is 12.2. The Morgan fingerprint density at radius 2 is 2.26 bits per heavy atom. The molecule has 1 aromatic carbocycles. The fourth-order valence-corrected chi connectivity index (χ4v) is 4.97. The molecule has 2 aliphatic heterocycles. The van der Waals surface area contributed by atoms with E-state index in [2.05, 4.69) is 10.2 Å². The first kappa shape index (κ1) is 16.1. The van der Waals surface area contributed by atoms with Crippen molar-refractivity contribution < 1.29 is 17.9 Å². The van der Waals surface area contributed by atoms with Gasteiger partial charge < -0.3 is 15.0 Å². The summed E-state index contributed by atoms with van der Waals surface area (Å²) in [5.41, 5.74) is 2.25. The highest BCUT2D eigenvalue weighted by Gasteiger charge is 2.29. The molecular formula is C16H22N2O4S. The third-order valence-electron chi connectivity index (χ3n) is 4.43. The van der Waals surface area contributed by atoms with Crippen molar-refractivity contribution in [3.63, 3.8) is 0 Å². The molecule has 1 saturated heterocycles. The second kappa shape index (κ2) is 6.39. The molecule has 2 aliphatic rings. The van der Waals surface area contributed by atoms with Gasteiger partial charge in [-0.25, -0.2) is 8.42 Å². The number of sulfone groups is 1. The summed E-state index contributed by atoms with van der Waals surface area (Å²) in [4.78, 5) is 14.3. The molecule has 1 fully saturated rings. The van der Waals surface area contributed by atoms with Gasteiger partial charge in [-0.2, -0.15) is 0 Å². The summed E-state index contributed by atoms with van der Waals surface area (Å²) < 4.78 is 28.2. The minimum absolute atomic E-state index is 0.0620. The van der Waals surface area contributed by atoms with Crippen molar-refractivity contribution in [3.05, 3.63) is 23.8 Å². The van der Waals surface area contributed by atoms with E-state index < -0.39 is 9.84 Å². The number of amides is 1. The number of nitrogens with zero attached hydrogens (tertiary/aromatic N) is 1. The molecule has 0 aromatic heterocycles. The summed E-state index contributed by atoms with van der Waals surface area (Å²) >= 11 is 0. The van der Waals surface area contributed by atoms with E-state index in [1.54, 1.807) is 7.11 Å². The Morgan fingerprint density at radius 3 is 2.96 bits per heavy atom. The van der Waals surface area contributed by atoms with Crippen LogP contribution in [0.3, 0.4) is 0 Å². The van der Waals surface area contributed by atoms with E-state index in [1.165, 1.54) is 5.56 Å². The van der Waals surface area contributed by atoms with E-state index >= 15 is 0 Å². The first-order valence-corrected chi connectivity index (χ1v) is 9.70. The van der Waals surface area contributed by atoms with Crippen LogP contribution in [0.5, 0.6) is 5.75 Å². The number of methoxy groups -OCH3 is 1. The maximum absolute atomic E-state index is 12.2. The molecule has 7 heteroatoms. The van der Waals surface area contributed by atoms with Crippen molar-refractivity contribution in [2.45, 2.75) is 25.3 Å². The standard InChI is InChI=1S/C16H22N2O4S/c1-22-14-4-5-15-12(9-14)3-2-7-18(15)10-16(19)17-13-6-8-23(20,21)11-13/h4-5,9,13H,2-3,6-8,10-11H2,1H3,(H,17,19). The zero-order chi connectivity index (χ0) is 16.4. The number of fused-ring (bicyclic) bond motifs is 1. The Hall–Kier alpha value is -1.76. The normalized spacial score (nSPS) is 22.5. The van der Waals surface area contributed by atoms with Gasteiger partial charge in [-0.3, -0.25) is 4.79 Å². The number of ether oxygens (including phenoxy) is 1. The highest BCUT2D eigenvalue weighted by Crippen LogP contribution is 2.30. The average Bonchev–Trinajstić information content (AvgIpc) is 2.85. The molecule has 2 heterocycles. The van der Waals surface area contributed by atoms with Gasteiger partial charge in [0.05, 0.1) is 25.2 Å². The molecule has 6 nitrogen and oxygen atoms in total.